The molecule has 0 saturated carbocycles. The quantitative estimate of drug-likeness (QED) is 0.931. The van der Waals surface area contributed by atoms with Gasteiger partial charge in [0.1, 0.15) is 17.4 Å². The molecule has 1 aromatic heterocycles. The summed E-state index contributed by atoms with van der Waals surface area (Å²) in [6.07, 6.45) is 0. The second-order valence-corrected chi connectivity index (χ2v) is 5.07. The summed E-state index contributed by atoms with van der Waals surface area (Å²) in [5, 5.41) is 20.4. The van der Waals surface area contributed by atoms with Gasteiger partial charge in [-0.15, -0.1) is 5.10 Å². The van der Waals surface area contributed by atoms with Crippen LogP contribution in [0.15, 0.2) is 22.7 Å². The Hall–Kier alpha value is -2.13. The molecule has 1 heterocycles. The van der Waals surface area contributed by atoms with Gasteiger partial charge in [-0.3, -0.25) is 0 Å². The average Bonchev–Trinajstić information content (AvgIpc) is 2.43. The van der Waals surface area contributed by atoms with Crippen molar-refractivity contribution in [1.82, 2.24) is 10.2 Å². The van der Waals surface area contributed by atoms with Crippen LogP contribution in [0.5, 0.6) is 5.75 Å². The number of anilines is 2. The van der Waals surface area contributed by atoms with Crippen molar-refractivity contribution in [2.75, 3.05) is 12.4 Å². The summed E-state index contributed by atoms with van der Waals surface area (Å²) in [5.41, 5.74) is 2.89. The summed E-state index contributed by atoms with van der Waals surface area (Å²) in [6.45, 7) is 3.69. The van der Waals surface area contributed by atoms with Crippen LogP contribution in [0.3, 0.4) is 0 Å². The highest BCUT2D eigenvalue weighted by Crippen LogP contribution is 2.29. The number of aryl methyl sites for hydroxylation is 1. The Balaban J connectivity index is 2.38. The molecule has 0 aliphatic carbocycles. The zero-order valence-electron chi connectivity index (χ0n) is 11.4. The number of rotatable bonds is 3. The van der Waals surface area contributed by atoms with Crippen LogP contribution in [0.1, 0.15) is 16.8 Å². The number of benzene rings is 1. The fraction of sp³-hybridized carbons (Fsp3) is 0.214. The maximum atomic E-state index is 9.25. The number of aromatic nitrogens is 2. The van der Waals surface area contributed by atoms with Gasteiger partial charge < -0.3 is 10.1 Å². The Morgan fingerprint density at radius 1 is 1.30 bits per heavy atom. The van der Waals surface area contributed by atoms with Crippen molar-refractivity contribution in [2.24, 2.45) is 0 Å². The number of nitriles is 1. The SMILES string of the molecule is COc1ccc(Nc2nnc(C)c(C)c2C#N)cc1Br. The zero-order chi connectivity index (χ0) is 14.7. The molecule has 2 rings (SSSR count). The topological polar surface area (TPSA) is 70.8 Å². The first-order chi connectivity index (χ1) is 9.56. The first-order valence-corrected chi connectivity index (χ1v) is 6.70. The number of hydrogen-bond donors (Lipinski definition) is 1. The highest BCUT2D eigenvalue weighted by Gasteiger charge is 2.11. The summed E-state index contributed by atoms with van der Waals surface area (Å²) >= 11 is 3.42. The molecule has 5 nitrogen and oxygen atoms in total. The number of nitrogens with zero attached hydrogens (tertiary/aromatic N) is 3. The van der Waals surface area contributed by atoms with Gasteiger partial charge in [0, 0.05) is 5.69 Å². The second kappa shape index (κ2) is 5.88. The lowest BCUT2D eigenvalue weighted by atomic mass is 10.1. The monoisotopic (exact) mass is 332 g/mol. The van der Waals surface area contributed by atoms with Gasteiger partial charge >= 0.3 is 0 Å². The van der Waals surface area contributed by atoms with E-state index in [2.05, 4.69) is 37.5 Å². The van der Waals surface area contributed by atoms with Gasteiger partial charge in [-0.05, 0) is 53.5 Å². The molecule has 0 aliphatic rings. The Morgan fingerprint density at radius 2 is 2.05 bits per heavy atom. The van der Waals surface area contributed by atoms with Crippen LogP contribution in [-0.4, -0.2) is 17.3 Å². The van der Waals surface area contributed by atoms with Gasteiger partial charge in [0.2, 0.25) is 0 Å². The van der Waals surface area contributed by atoms with Crippen LogP contribution in [0.2, 0.25) is 0 Å². The van der Waals surface area contributed by atoms with E-state index in [4.69, 9.17) is 4.74 Å². The molecule has 0 atom stereocenters. The molecule has 0 aliphatic heterocycles. The standard InChI is InChI=1S/C14H13BrN4O/c1-8-9(2)18-19-14(11(8)7-16)17-10-4-5-13(20-3)12(15)6-10/h4-6H,1-3H3,(H,17,19). The summed E-state index contributed by atoms with van der Waals surface area (Å²) in [4.78, 5) is 0. The van der Waals surface area contributed by atoms with E-state index in [0.29, 0.717) is 11.4 Å². The molecule has 1 aromatic carbocycles. The van der Waals surface area contributed by atoms with E-state index >= 15 is 0 Å². The van der Waals surface area contributed by atoms with E-state index in [1.807, 2.05) is 32.0 Å². The molecule has 2 aromatic rings. The van der Waals surface area contributed by atoms with Crippen molar-refractivity contribution in [3.05, 3.63) is 39.5 Å². The number of ether oxygens (including phenoxy) is 1. The molecule has 0 unspecified atom stereocenters. The summed E-state index contributed by atoms with van der Waals surface area (Å²) in [5.74, 6) is 1.19. The molecule has 0 spiro atoms. The molecule has 0 fully saturated rings. The summed E-state index contributed by atoms with van der Waals surface area (Å²) < 4.78 is 5.99. The maximum absolute atomic E-state index is 9.25. The van der Waals surface area contributed by atoms with Crippen molar-refractivity contribution in [3.63, 3.8) is 0 Å². The highest BCUT2D eigenvalue weighted by atomic mass is 79.9. The fourth-order valence-electron chi connectivity index (χ4n) is 1.71. The molecule has 20 heavy (non-hydrogen) atoms. The molecule has 0 bridgehead atoms. The van der Waals surface area contributed by atoms with E-state index in [0.717, 1.165) is 27.2 Å². The first-order valence-electron chi connectivity index (χ1n) is 5.91. The predicted octanol–water partition coefficient (Wildman–Crippen LogP) is 3.48. The van der Waals surface area contributed by atoms with Crippen molar-refractivity contribution in [3.8, 4) is 11.8 Å². The van der Waals surface area contributed by atoms with Crippen LogP contribution in [0.25, 0.3) is 0 Å². The average molecular weight is 333 g/mol. The van der Waals surface area contributed by atoms with Crippen LogP contribution in [0.4, 0.5) is 11.5 Å². The van der Waals surface area contributed by atoms with E-state index in [1.54, 1.807) is 7.11 Å². The number of nitrogens with one attached hydrogen (secondary N) is 1. The van der Waals surface area contributed by atoms with E-state index in [1.165, 1.54) is 0 Å². The Bertz CT molecular complexity index is 694. The molecular formula is C14H13BrN4O. The number of hydrogen-bond acceptors (Lipinski definition) is 5. The zero-order valence-corrected chi connectivity index (χ0v) is 12.9. The summed E-state index contributed by atoms with van der Waals surface area (Å²) in [6, 6.07) is 7.69. The maximum Gasteiger partial charge on any atom is 0.171 e. The Kier molecular flexibility index (Phi) is 4.20. The number of methoxy groups -OCH3 is 1. The van der Waals surface area contributed by atoms with Gasteiger partial charge in [0.25, 0.3) is 0 Å². The second-order valence-electron chi connectivity index (χ2n) is 4.22. The van der Waals surface area contributed by atoms with Gasteiger partial charge in [-0.2, -0.15) is 10.4 Å². The molecule has 0 saturated heterocycles. The lowest BCUT2D eigenvalue weighted by molar-refractivity contribution is 0.412. The highest BCUT2D eigenvalue weighted by molar-refractivity contribution is 9.10. The minimum atomic E-state index is 0.452. The largest absolute Gasteiger partial charge is 0.496 e. The molecule has 0 radical (unpaired) electrons. The molecular weight excluding hydrogens is 320 g/mol. The normalized spacial score (nSPS) is 9.95. The lowest BCUT2D eigenvalue weighted by Crippen LogP contribution is -2.03. The first kappa shape index (κ1) is 14.3. The minimum absolute atomic E-state index is 0.452. The van der Waals surface area contributed by atoms with E-state index in [-0.39, 0.29) is 0 Å². The van der Waals surface area contributed by atoms with Crippen LogP contribution >= 0.6 is 15.9 Å². The van der Waals surface area contributed by atoms with Crippen molar-refractivity contribution >= 4 is 27.4 Å². The Morgan fingerprint density at radius 3 is 2.65 bits per heavy atom. The van der Waals surface area contributed by atoms with Gasteiger partial charge in [0.15, 0.2) is 5.82 Å². The van der Waals surface area contributed by atoms with E-state index < -0.39 is 0 Å². The van der Waals surface area contributed by atoms with Crippen molar-refractivity contribution in [1.29, 1.82) is 5.26 Å². The molecule has 0 amide bonds. The predicted molar refractivity (Wildman–Crippen MR) is 80.2 cm³/mol. The van der Waals surface area contributed by atoms with E-state index in [9.17, 15) is 5.26 Å². The lowest BCUT2D eigenvalue weighted by Gasteiger charge is -2.11. The smallest absolute Gasteiger partial charge is 0.171 e. The van der Waals surface area contributed by atoms with Crippen LogP contribution in [0, 0.1) is 25.2 Å². The molecule has 1 N–H and O–H groups in total. The fourth-order valence-corrected chi connectivity index (χ4v) is 2.25. The summed E-state index contributed by atoms with van der Waals surface area (Å²) in [7, 11) is 1.61. The minimum Gasteiger partial charge on any atom is -0.496 e. The third kappa shape index (κ3) is 2.73. The number of halogens is 1. The molecule has 102 valence electrons. The van der Waals surface area contributed by atoms with Gasteiger partial charge in [-0.1, -0.05) is 0 Å². The third-order valence-electron chi connectivity index (χ3n) is 2.98. The van der Waals surface area contributed by atoms with Crippen LogP contribution < -0.4 is 10.1 Å². The third-order valence-corrected chi connectivity index (χ3v) is 3.60. The molecule has 6 heteroatoms. The Labute approximate surface area is 125 Å². The van der Waals surface area contributed by atoms with Crippen LogP contribution in [-0.2, 0) is 0 Å². The van der Waals surface area contributed by atoms with Crippen molar-refractivity contribution in [2.45, 2.75) is 13.8 Å². The van der Waals surface area contributed by atoms with Gasteiger partial charge in [0.05, 0.1) is 17.3 Å². The van der Waals surface area contributed by atoms with Crippen molar-refractivity contribution < 1.29 is 4.74 Å². The van der Waals surface area contributed by atoms with Gasteiger partial charge in [-0.25, -0.2) is 0 Å².